The lowest BCUT2D eigenvalue weighted by atomic mass is 10.0. The standard InChI is InChI=1S/C18H14BrFN2O2/c1-2-15-16(18(23)24)17(11-3-7-13(20)8-4-11)21-22(15)14-9-5-12(19)6-10-14/h3-10H,2H2,1H3,(H,23,24). The van der Waals surface area contributed by atoms with E-state index in [4.69, 9.17) is 0 Å². The molecule has 122 valence electrons. The lowest BCUT2D eigenvalue weighted by Crippen LogP contribution is -2.05. The van der Waals surface area contributed by atoms with Crippen LogP contribution in [-0.2, 0) is 6.42 Å². The molecule has 24 heavy (non-hydrogen) atoms. The minimum atomic E-state index is -1.05. The van der Waals surface area contributed by atoms with Crippen molar-refractivity contribution in [2.45, 2.75) is 13.3 Å². The molecule has 0 fully saturated rings. The van der Waals surface area contributed by atoms with Gasteiger partial charge >= 0.3 is 5.97 Å². The van der Waals surface area contributed by atoms with Crippen molar-refractivity contribution in [3.05, 3.63) is 70.1 Å². The lowest BCUT2D eigenvalue weighted by Gasteiger charge is -2.06. The van der Waals surface area contributed by atoms with Crippen LogP contribution < -0.4 is 0 Å². The summed E-state index contributed by atoms with van der Waals surface area (Å²) in [5.74, 6) is -1.42. The Labute approximate surface area is 146 Å². The number of carbonyl (C=O) groups is 1. The number of rotatable bonds is 4. The van der Waals surface area contributed by atoms with Gasteiger partial charge in [0.25, 0.3) is 0 Å². The van der Waals surface area contributed by atoms with Crippen molar-refractivity contribution >= 4 is 21.9 Å². The van der Waals surface area contributed by atoms with Crippen LogP contribution in [0.25, 0.3) is 16.9 Å². The highest BCUT2D eigenvalue weighted by Gasteiger charge is 2.24. The third kappa shape index (κ3) is 2.97. The van der Waals surface area contributed by atoms with Crippen LogP contribution in [0.15, 0.2) is 53.0 Å². The van der Waals surface area contributed by atoms with E-state index in [2.05, 4.69) is 21.0 Å². The van der Waals surface area contributed by atoms with E-state index in [0.717, 1.165) is 10.2 Å². The first-order valence-electron chi connectivity index (χ1n) is 7.38. The van der Waals surface area contributed by atoms with Crippen LogP contribution in [0.4, 0.5) is 4.39 Å². The molecule has 3 aromatic rings. The fourth-order valence-corrected chi connectivity index (χ4v) is 2.87. The summed E-state index contributed by atoms with van der Waals surface area (Å²) >= 11 is 3.38. The number of halogens is 2. The largest absolute Gasteiger partial charge is 0.478 e. The number of nitrogens with zero attached hydrogens (tertiary/aromatic N) is 2. The molecule has 0 saturated heterocycles. The van der Waals surface area contributed by atoms with Crippen molar-refractivity contribution in [3.8, 4) is 16.9 Å². The lowest BCUT2D eigenvalue weighted by molar-refractivity contribution is 0.0696. The average Bonchev–Trinajstić information content (AvgIpc) is 2.96. The van der Waals surface area contributed by atoms with Crippen LogP contribution in [-0.4, -0.2) is 20.9 Å². The zero-order valence-electron chi connectivity index (χ0n) is 12.8. The maximum atomic E-state index is 13.2. The van der Waals surface area contributed by atoms with Gasteiger partial charge in [0.2, 0.25) is 0 Å². The molecule has 0 amide bonds. The maximum absolute atomic E-state index is 13.2. The molecule has 2 aromatic carbocycles. The third-order valence-corrected chi connectivity index (χ3v) is 4.25. The fourth-order valence-electron chi connectivity index (χ4n) is 2.61. The van der Waals surface area contributed by atoms with Gasteiger partial charge in [-0.1, -0.05) is 22.9 Å². The molecule has 0 atom stereocenters. The highest BCUT2D eigenvalue weighted by atomic mass is 79.9. The van der Waals surface area contributed by atoms with E-state index < -0.39 is 5.97 Å². The quantitative estimate of drug-likeness (QED) is 0.704. The Morgan fingerprint density at radius 2 is 1.79 bits per heavy atom. The second-order valence-corrected chi connectivity index (χ2v) is 6.14. The minimum absolute atomic E-state index is 0.145. The van der Waals surface area contributed by atoms with Gasteiger partial charge in [0.15, 0.2) is 0 Å². The number of hydrogen-bond acceptors (Lipinski definition) is 2. The second-order valence-electron chi connectivity index (χ2n) is 5.22. The molecular formula is C18H14BrFN2O2. The van der Waals surface area contributed by atoms with Gasteiger partial charge in [-0.2, -0.15) is 5.10 Å². The Morgan fingerprint density at radius 3 is 2.33 bits per heavy atom. The van der Waals surface area contributed by atoms with Crippen molar-refractivity contribution in [1.82, 2.24) is 9.78 Å². The van der Waals surface area contributed by atoms with E-state index in [0.29, 0.717) is 23.4 Å². The molecule has 0 radical (unpaired) electrons. The highest BCUT2D eigenvalue weighted by molar-refractivity contribution is 9.10. The first kappa shape index (κ1) is 16.4. The van der Waals surface area contributed by atoms with Gasteiger partial charge in [0.05, 0.1) is 11.4 Å². The molecular weight excluding hydrogens is 375 g/mol. The third-order valence-electron chi connectivity index (χ3n) is 3.72. The number of aromatic nitrogens is 2. The van der Waals surface area contributed by atoms with E-state index in [1.807, 2.05) is 31.2 Å². The number of carboxylic acids is 1. The fraction of sp³-hybridized carbons (Fsp3) is 0.111. The molecule has 0 aliphatic carbocycles. The van der Waals surface area contributed by atoms with E-state index in [-0.39, 0.29) is 11.4 Å². The molecule has 3 rings (SSSR count). The maximum Gasteiger partial charge on any atom is 0.339 e. The van der Waals surface area contributed by atoms with Gasteiger partial charge < -0.3 is 5.11 Å². The Kier molecular flexibility index (Phi) is 4.49. The number of hydrogen-bond donors (Lipinski definition) is 1. The molecule has 1 N–H and O–H groups in total. The van der Waals surface area contributed by atoms with E-state index >= 15 is 0 Å². The smallest absolute Gasteiger partial charge is 0.339 e. The topological polar surface area (TPSA) is 55.1 Å². The van der Waals surface area contributed by atoms with Gasteiger partial charge in [-0.25, -0.2) is 13.9 Å². The minimum Gasteiger partial charge on any atom is -0.478 e. The predicted molar refractivity (Wildman–Crippen MR) is 93.0 cm³/mol. The van der Waals surface area contributed by atoms with E-state index in [9.17, 15) is 14.3 Å². The zero-order chi connectivity index (χ0) is 17.3. The summed E-state index contributed by atoms with van der Waals surface area (Å²) in [6, 6.07) is 13.1. The molecule has 0 aliphatic rings. The van der Waals surface area contributed by atoms with Gasteiger partial charge in [-0.3, -0.25) is 0 Å². The molecule has 1 heterocycles. The zero-order valence-corrected chi connectivity index (χ0v) is 14.4. The van der Waals surface area contributed by atoms with Gasteiger partial charge in [0, 0.05) is 10.0 Å². The van der Waals surface area contributed by atoms with Crippen LogP contribution >= 0.6 is 15.9 Å². The molecule has 0 saturated carbocycles. The summed E-state index contributed by atoms with van der Waals surface area (Å²) in [4.78, 5) is 11.8. The highest BCUT2D eigenvalue weighted by Crippen LogP contribution is 2.28. The van der Waals surface area contributed by atoms with Crippen LogP contribution in [0, 0.1) is 5.82 Å². The molecule has 1 aromatic heterocycles. The Hall–Kier alpha value is -2.47. The first-order chi connectivity index (χ1) is 11.5. The average molecular weight is 389 g/mol. The van der Waals surface area contributed by atoms with Gasteiger partial charge in [0.1, 0.15) is 17.1 Å². The Bertz CT molecular complexity index is 887. The van der Waals surface area contributed by atoms with Crippen molar-refractivity contribution in [3.63, 3.8) is 0 Å². The van der Waals surface area contributed by atoms with Crippen molar-refractivity contribution < 1.29 is 14.3 Å². The van der Waals surface area contributed by atoms with Gasteiger partial charge in [-0.15, -0.1) is 0 Å². The summed E-state index contributed by atoms with van der Waals surface area (Å²) in [5.41, 5.74) is 2.42. The number of benzene rings is 2. The number of carboxylic acid groups (broad SMARTS) is 1. The van der Waals surface area contributed by atoms with Crippen LogP contribution in [0.1, 0.15) is 23.0 Å². The molecule has 0 unspecified atom stereocenters. The van der Waals surface area contributed by atoms with E-state index in [1.54, 1.807) is 4.68 Å². The normalized spacial score (nSPS) is 10.8. The number of aromatic carboxylic acids is 1. The van der Waals surface area contributed by atoms with Crippen molar-refractivity contribution in [2.75, 3.05) is 0 Å². The summed E-state index contributed by atoms with van der Waals surface area (Å²) in [6.07, 6.45) is 0.506. The van der Waals surface area contributed by atoms with Crippen LogP contribution in [0.5, 0.6) is 0 Å². The van der Waals surface area contributed by atoms with Gasteiger partial charge in [-0.05, 0) is 55.0 Å². The second kappa shape index (κ2) is 6.57. The molecule has 0 bridgehead atoms. The Balaban J connectivity index is 2.24. The van der Waals surface area contributed by atoms with Crippen LogP contribution in [0.2, 0.25) is 0 Å². The van der Waals surface area contributed by atoms with E-state index in [1.165, 1.54) is 24.3 Å². The molecule has 0 aliphatic heterocycles. The first-order valence-corrected chi connectivity index (χ1v) is 8.17. The van der Waals surface area contributed by atoms with Crippen molar-refractivity contribution in [2.24, 2.45) is 0 Å². The molecule has 6 heteroatoms. The SMILES string of the molecule is CCc1c(C(=O)O)c(-c2ccc(F)cc2)nn1-c1ccc(Br)cc1. The summed E-state index contributed by atoms with van der Waals surface area (Å²) in [5, 5.41) is 14.2. The van der Waals surface area contributed by atoms with Crippen LogP contribution in [0.3, 0.4) is 0 Å². The Morgan fingerprint density at radius 1 is 1.17 bits per heavy atom. The molecule has 0 spiro atoms. The molecule has 4 nitrogen and oxygen atoms in total. The summed E-state index contributed by atoms with van der Waals surface area (Å²) in [7, 11) is 0. The predicted octanol–water partition coefficient (Wildman–Crippen LogP) is 4.70. The summed E-state index contributed by atoms with van der Waals surface area (Å²) in [6.45, 7) is 1.88. The van der Waals surface area contributed by atoms with Crippen molar-refractivity contribution in [1.29, 1.82) is 0 Å². The summed E-state index contributed by atoms with van der Waals surface area (Å²) < 4.78 is 15.7. The monoisotopic (exact) mass is 388 g/mol.